The normalized spacial score (nSPS) is 22.7. The van der Waals surface area contributed by atoms with E-state index >= 15 is 0 Å². The van der Waals surface area contributed by atoms with E-state index in [1.807, 2.05) is 24.4 Å². The number of hydrogen-bond donors (Lipinski definition) is 1. The van der Waals surface area contributed by atoms with E-state index in [4.69, 9.17) is 4.74 Å². The fourth-order valence-corrected chi connectivity index (χ4v) is 3.18. The fourth-order valence-electron chi connectivity index (χ4n) is 3.18. The zero-order chi connectivity index (χ0) is 13.9. The number of aromatic nitrogens is 1. The standard InChI is InChI=1S/C17H22N2O/c1-12-6-3-4-8-15(12)19-17-14-7-5-9-16(20-2)13(14)10-11-18-17/h5,7,9-12,15H,3-4,6,8H2,1-2H3,(H,18,19). The largest absolute Gasteiger partial charge is 0.496 e. The average Bonchev–Trinajstić information content (AvgIpc) is 2.49. The van der Waals surface area contributed by atoms with E-state index in [1.54, 1.807) is 7.11 Å². The molecule has 1 aliphatic carbocycles. The molecule has 0 bridgehead atoms. The Bertz CT molecular complexity index is 597. The van der Waals surface area contributed by atoms with E-state index in [0.717, 1.165) is 22.3 Å². The van der Waals surface area contributed by atoms with Crippen LogP contribution in [-0.2, 0) is 0 Å². The van der Waals surface area contributed by atoms with Crippen LogP contribution in [0.4, 0.5) is 5.82 Å². The molecule has 3 heteroatoms. The zero-order valence-electron chi connectivity index (χ0n) is 12.2. The molecule has 3 rings (SSSR count). The Hall–Kier alpha value is -1.77. The van der Waals surface area contributed by atoms with Crippen molar-refractivity contribution in [2.45, 2.75) is 38.6 Å². The minimum Gasteiger partial charge on any atom is -0.496 e. The second-order valence-electron chi connectivity index (χ2n) is 5.73. The molecule has 2 unspecified atom stereocenters. The van der Waals surface area contributed by atoms with Gasteiger partial charge in [0.1, 0.15) is 11.6 Å². The molecule has 2 atom stereocenters. The maximum Gasteiger partial charge on any atom is 0.134 e. The van der Waals surface area contributed by atoms with Crippen LogP contribution in [0.15, 0.2) is 30.5 Å². The lowest BCUT2D eigenvalue weighted by atomic mass is 9.86. The van der Waals surface area contributed by atoms with Gasteiger partial charge >= 0.3 is 0 Å². The molecule has 0 aliphatic heterocycles. The molecule has 1 aliphatic rings. The Labute approximate surface area is 120 Å². The van der Waals surface area contributed by atoms with Crippen LogP contribution in [-0.4, -0.2) is 18.1 Å². The van der Waals surface area contributed by atoms with Crippen LogP contribution in [0.25, 0.3) is 10.8 Å². The van der Waals surface area contributed by atoms with Crippen molar-refractivity contribution in [3.63, 3.8) is 0 Å². The first-order valence-electron chi connectivity index (χ1n) is 7.48. The number of pyridine rings is 1. The second-order valence-corrected chi connectivity index (χ2v) is 5.73. The predicted octanol–water partition coefficient (Wildman–Crippen LogP) is 4.23. The van der Waals surface area contributed by atoms with Gasteiger partial charge in [0.2, 0.25) is 0 Å². The summed E-state index contributed by atoms with van der Waals surface area (Å²) in [6.45, 7) is 2.34. The molecule has 0 spiro atoms. The molecule has 0 radical (unpaired) electrons. The number of rotatable bonds is 3. The molecular weight excluding hydrogens is 248 g/mol. The van der Waals surface area contributed by atoms with Gasteiger partial charge in [-0.25, -0.2) is 4.98 Å². The van der Waals surface area contributed by atoms with Gasteiger partial charge in [0.15, 0.2) is 0 Å². The highest BCUT2D eigenvalue weighted by Crippen LogP contribution is 2.32. The number of anilines is 1. The second kappa shape index (κ2) is 5.70. The van der Waals surface area contributed by atoms with Crippen LogP contribution < -0.4 is 10.1 Å². The maximum atomic E-state index is 5.44. The molecule has 1 N–H and O–H groups in total. The van der Waals surface area contributed by atoms with Gasteiger partial charge in [-0.1, -0.05) is 31.9 Å². The van der Waals surface area contributed by atoms with Crippen molar-refractivity contribution in [2.24, 2.45) is 5.92 Å². The van der Waals surface area contributed by atoms with Gasteiger partial charge in [0, 0.05) is 23.0 Å². The van der Waals surface area contributed by atoms with Gasteiger partial charge < -0.3 is 10.1 Å². The quantitative estimate of drug-likeness (QED) is 0.906. The summed E-state index contributed by atoms with van der Waals surface area (Å²) >= 11 is 0. The molecule has 1 fully saturated rings. The molecule has 1 saturated carbocycles. The summed E-state index contributed by atoms with van der Waals surface area (Å²) in [6.07, 6.45) is 7.09. The lowest BCUT2D eigenvalue weighted by Gasteiger charge is -2.30. The van der Waals surface area contributed by atoms with Gasteiger partial charge in [-0.05, 0) is 30.9 Å². The number of benzene rings is 1. The number of hydrogen-bond acceptors (Lipinski definition) is 3. The van der Waals surface area contributed by atoms with Gasteiger partial charge in [-0.3, -0.25) is 0 Å². The molecule has 20 heavy (non-hydrogen) atoms. The van der Waals surface area contributed by atoms with Crippen molar-refractivity contribution in [3.8, 4) is 5.75 Å². The predicted molar refractivity (Wildman–Crippen MR) is 83.3 cm³/mol. The van der Waals surface area contributed by atoms with Crippen molar-refractivity contribution in [2.75, 3.05) is 12.4 Å². The Kier molecular flexibility index (Phi) is 3.77. The highest BCUT2D eigenvalue weighted by molar-refractivity contribution is 5.95. The van der Waals surface area contributed by atoms with Crippen molar-refractivity contribution in [1.29, 1.82) is 0 Å². The summed E-state index contributed by atoms with van der Waals surface area (Å²) in [5.41, 5.74) is 0. The average molecular weight is 270 g/mol. The summed E-state index contributed by atoms with van der Waals surface area (Å²) in [4.78, 5) is 4.54. The topological polar surface area (TPSA) is 34.1 Å². The third-order valence-electron chi connectivity index (χ3n) is 4.42. The summed E-state index contributed by atoms with van der Waals surface area (Å²) in [5.74, 6) is 2.61. The lowest BCUT2D eigenvalue weighted by molar-refractivity contribution is 0.349. The van der Waals surface area contributed by atoms with E-state index in [2.05, 4.69) is 23.3 Å². The number of methoxy groups -OCH3 is 1. The summed E-state index contributed by atoms with van der Waals surface area (Å²) in [6, 6.07) is 8.69. The lowest BCUT2D eigenvalue weighted by Crippen LogP contribution is -2.30. The minimum atomic E-state index is 0.535. The molecule has 2 aromatic rings. The molecule has 0 amide bonds. The molecule has 1 aromatic heterocycles. The third kappa shape index (κ3) is 2.45. The van der Waals surface area contributed by atoms with Crippen LogP contribution in [0.3, 0.4) is 0 Å². The van der Waals surface area contributed by atoms with Crippen molar-refractivity contribution in [3.05, 3.63) is 30.5 Å². The first-order chi connectivity index (χ1) is 9.79. The minimum absolute atomic E-state index is 0.535. The number of fused-ring (bicyclic) bond motifs is 1. The first kappa shape index (κ1) is 13.2. The highest BCUT2D eigenvalue weighted by Gasteiger charge is 2.22. The van der Waals surface area contributed by atoms with Crippen LogP contribution >= 0.6 is 0 Å². The molecular formula is C17H22N2O. The van der Waals surface area contributed by atoms with Crippen molar-refractivity contribution < 1.29 is 4.74 Å². The number of ether oxygens (including phenoxy) is 1. The number of nitrogens with one attached hydrogen (secondary N) is 1. The molecule has 0 saturated heterocycles. The van der Waals surface area contributed by atoms with E-state index in [1.165, 1.54) is 25.7 Å². The van der Waals surface area contributed by atoms with Crippen LogP contribution in [0.5, 0.6) is 5.75 Å². The van der Waals surface area contributed by atoms with E-state index < -0.39 is 0 Å². The smallest absolute Gasteiger partial charge is 0.134 e. The third-order valence-corrected chi connectivity index (χ3v) is 4.42. The Morgan fingerprint density at radius 3 is 2.80 bits per heavy atom. The maximum absolute atomic E-state index is 5.44. The zero-order valence-corrected chi connectivity index (χ0v) is 12.2. The summed E-state index contributed by atoms with van der Waals surface area (Å²) < 4.78 is 5.44. The summed E-state index contributed by atoms with van der Waals surface area (Å²) in [7, 11) is 1.71. The van der Waals surface area contributed by atoms with E-state index in [0.29, 0.717) is 12.0 Å². The van der Waals surface area contributed by atoms with Gasteiger partial charge in [-0.15, -0.1) is 0 Å². The van der Waals surface area contributed by atoms with Gasteiger partial charge in [0.25, 0.3) is 0 Å². The Morgan fingerprint density at radius 2 is 2.00 bits per heavy atom. The highest BCUT2D eigenvalue weighted by atomic mass is 16.5. The Balaban J connectivity index is 1.95. The monoisotopic (exact) mass is 270 g/mol. The van der Waals surface area contributed by atoms with Crippen molar-refractivity contribution in [1.82, 2.24) is 4.98 Å². The molecule has 3 nitrogen and oxygen atoms in total. The van der Waals surface area contributed by atoms with E-state index in [9.17, 15) is 0 Å². The van der Waals surface area contributed by atoms with Gasteiger partial charge in [0.05, 0.1) is 7.11 Å². The fraction of sp³-hybridized carbons (Fsp3) is 0.471. The molecule has 1 heterocycles. The first-order valence-corrected chi connectivity index (χ1v) is 7.48. The van der Waals surface area contributed by atoms with Crippen molar-refractivity contribution >= 4 is 16.6 Å². The van der Waals surface area contributed by atoms with Crippen LogP contribution in [0.2, 0.25) is 0 Å². The number of nitrogens with zero attached hydrogens (tertiary/aromatic N) is 1. The molecule has 1 aromatic carbocycles. The Morgan fingerprint density at radius 1 is 1.15 bits per heavy atom. The summed E-state index contributed by atoms with van der Waals surface area (Å²) in [5, 5.41) is 5.92. The molecule has 106 valence electrons. The van der Waals surface area contributed by atoms with E-state index in [-0.39, 0.29) is 0 Å². The SMILES string of the molecule is COc1cccc2c(NC3CCCCC3C)nccc12. The van der Waals surface area contributed by atoms with Gasteiger partial charge in [-0.2, -0.15) is 0 Å². The van der Waals surface area contributed by atoms with Crippen LogP contribution in [0.1, 0.15) is 32.6 Å². The van der Waals surface area contributed by atoms with Crippen LogP contribution in [0, 0.1) is 5.92 Å².